The molecule has 100 valence electrons. The summed E-state index contributed by atoms with van der Waals surface area (Å²) in [5.74, 6) is 0.908. The van der Waals surface area contributed by atoms with E-state index in [1.165, 1.54) is 10.8 Å². The number of fused-ring (bicyclic) bond motifs is 1. The second-order valence-corrected chi connectivity index (χ2v) is 5.03. The van der Waals surface area contributed by atoms with E-state index in [-0.39, 0.29) is 0 Å². The Bertz CT molecular complexity index is 886. The van der Waals surface area contributed by atoms with Crippen molar-refractivity contribution in [2.24, 2.45) is 0 Å². The monoisotopic (exact) mass is 270 g/mol. The molecule has 0 saturated heterocycles. The Balaban J connectivity index is 1.85. The van der Waals surface area contributed by atoms with Gasteiger partial charge in [0.2, 0.25) is 0 Å². The Morgan fingerprint density at radius 1 is 0.714 bits per heavy atom. The lowest BCUT2D eigenvalue weighted by molar-refractivity contribution is 1.32. The quantitative estimate of drug-likeness (QED) is 0.551. The van der Waals surface area contributed by atoms with Crippen molar-refractivity contribution in [3.63, 3.8) is 0 Å². The van der Waals surface area contributed by atoms with Crippen LogP contribution >= 0.6 is 0 Å². The van der Waals surface area contributed by atoms with Crippen molar-refractivity contribution in [3.05, 3.63) is 79.0 Å². The average Bonchev–Trinajstić information content (AvgIpc) is 3.05. The van der Waals surface area contributed by atoms with Crippen LogP contribution in [0.25, 0.3) is 33.4 Å². The van der Waals surface area contributed by atoms with Crippen LogP contribution in [0.3, 0.4) is 0 Å². The van der Waals surface area contributed by atoms with E-state index in [1.54, 1.807) is 0 Å². The first-order valence-corrected chi connectivity index (χ1v) is 7.01. The molecule has 0 saturated carbocycles. The van der Waals surface area contributed by atoms with Gasteiger partial charge in [-0.1, -0.05) is 72.8 Å². The molecule has 3 aromatic carbocycles. The highest BCUT2D eigenvalue weighted by molar-refractivity contribution is 5.95. The molecule has 0 amide bonds. The zero-order valence-corrected chi connectivity index (χ0v) is 11.5. The number of aromatic amines is 1. The number of rotatable bonds is 2. The Labute approximate surface area is 123 Å². The van der Waals surface area contributed by atoms with Gasteiger partial charge in [-0.05, 0) is 10.8 Å². The van der Waals surface area contributed by atoms with Gasteiger partial charge in [-0.2, -0.15) is 0 Å². The summed E-state index contributed by atoms with van der Waals surface area (Å²) in [6.45, 7) is 0. The van der Waals surface area contributed by atoms with Crippen LogP contribution in [0.1, 0.15) is 0 Å². The Hall–Kier alpha value is -2.87. The first kappa shape index (κ1) is 11.9. The number of hydrogen-bond acceptors (Lipinski definition) is 1. The highest BCUT2D eigenvalue weighted by Crippen LogP contribution is 2.28. The van der Waals surface area contributed by atoms with Crippen LogP contribution in [0.4, 0.5) is 0 Å². The third-order valence-electron chi connectivity index (χ3n) is 3.69. The van der Waals surface area contributed by atoms with E-state index in [1.807, 2.05) is 24.4 Å². The fourth-order valence-corrected chi connectivity index (χ4v) is 2.65. The first-order valence-electron chi connectivity index (χ1n) is 7.01. The molecule has 0 spiro atoms. The molecular formula is C19H14N2. The van der Waals surface area contributed by atoms with Gasteiger partial charge < -0.3 is 4.98 Å². The molecule has 0 unspecified atom stereocenters. The molecule has 2 heteroatoms. The van der Waals surface area contributed by atoms with Crippen molar-refractivity contribution in [2.75, 3.05) is 0 Å². The highest BCUT2D eigenvalue weighted by atomic mass is 14.9. The molecule has 0 atom stereocenters. The number of nitrogens with one attached hydrogen (secondary N) is 1. The van der Waals surface area contributed by atoms with E-state index in [0.29, 0.717) is 0 Å². The highest BCUT2D eigenvalue weighted by Gasteiger charge is 2.08. The summed E-state index contributed by atoms with van der Waals surface area (Å²) in [5.41, 5.74) is 3.23. The molecule has 0 aliphatic rings. The largest absolute Gasteiger partial charge is 0.344 e. The molecule has 0 aliphatic heterocycles. The van der Waals surface area contributed by atoms with Crippen LogP contribution < -0.4 is 0 Å². The Morgan fingerprint density at radius 3 is 2.38 bits per heavy atom. The molecule has 0 radical (unpaired) electrons. The lowest BCUT2D eigenvalue weighted by Crippen LogP contribution is -1.83. The van der Waals surface area contributed by atoms with Gasteiger partial charge in [-0.25, -0.2) is 4.98 Å². The minimum Gasteiger partial charge on any atom is -0.344 e. The van der Waals surface area contributed by atoms with Crippen molar-refractivity contribution in [1.29, 1.82) is 0 Å². The molecule has 1 N–H and O–H groups in total. The summed E-state index contributed by atoms with van der Waals surface area (Å²) >= 11 is 0. The summed E-state index contributed by atoms with van der Waals surface area (Å²) < 4.78 is 0. The van der Waals surface area contributed by atoms with E-state index in [0.717, 1.165) is 22.6 Å². The van der Waals surface area contributed by atoms with Gasteiger partial charge in [0.05, 0.1) is 5.69 Å². The van der Waals surface area contributed by atoms with Crippen molar-refractivity contribution in [3.8, 4) is 22.6 Å². The van der Waals surface area contributed by atoms with E-state index >= 15 is 0 Å². The molecule has 4 aromatic rings. The SMILES string of the molecule is c1ccc(-c2c[nH]c(-c3cccc4ccccc34)n2)cc1. The summed E-state index contributed by atoms with van der Waals surface area (Å²) in [5, 5.41) is 2.45. The molecular weight excluding hydrogens is 256 g/mol. The summed E-state index contributed by atoms with van der Waals surface area (Å²) in [4.78, 5) is 8.05. The predicted octanol–water partition coefficient (Wildman–Crippen LogP) is 4.90. The van der Waals surface area contributed by atoms with Crippen molar-refractivity contribution in [2.45, 2.75) is 0 Å². The molecule has 1 heterocycles. The van der Waals surface area contributed by atoms with E-state index in [9.17, 15) is 0 Å². The second kappa shape index (κ2) is 4.91. The van der Waals surface area contributed by atoms with Gasteiger partial charge in [0.1, 0.15) is 5.82 Å². The molecule has 0 fully saturated rings. The van der Waals surface area contributed by atoms with Gasteiger partial charge in [0.25, 0.3) is 0 Å². The standard InChI is InChI=1S/C19H14N2/c1-2-8-15(9-3-1)18-13-20-19(21-18)17-12-6-10-14-7-4-5-11-16(14)17/h1-13H,(H,20,21). The van der Waals surface area contributed by atoms with Crippen LogP contribution in [0.2, 0.25) is 0 Å². The Kier molecular flexibility index (Phi) is 2.79. The maximum atomic E-state index is 4.75. The number of hydrogen-bond donors (Lipinski definition) is 1. The van der Waals surface area contributed by atoms with Gasteiger partial charge in [-0.3, -0.25) is 0 Å². The lowest BCUT2D eigenvalue weighted by atomic mass is 10.0. The Morgan fingerprint density at radius 2 is 1.48 bits per heavy atom. The average molecular weight is 270 g/mol. The summed E-state index contributed by atoms with van der Waals surface area (Å²) in [6, 6.07) is 24.9. The van der Waals surface area contributed by atoms with Crippen LogP contribution in [-0.2, 0) is 0 Å². The lowest BCUT2D eigenvalue weighted by Gasteiger charge is -2.03. The second-order valence-electron chi connectivity index (χ2n) is 5.03. The number of aromatic nitrogens is 2. The van der Waals surface area contributed by atoms with Crippen LogP contribution in [-0.4, -0.2) is 9.97 Å². The molecule has 0 aliphatic carbocycles. The number of H-pyrrole nitrogens is 1. The van der Waals surface area contributed by atoms with Gasteiger partial charge >= 0.3 is 0 Å². The summed E-state index contributed by atoms with van der Waals surface area (Å²) in [6.07, 6.45) is 1.96. The molecule has 4 rings (SSSR count). The molecule has 0 bridgehead atoms. The first-order chi connectivity index (χ1) is 10.4. The van der Waals surface area contributed by atoms with Crippen LogP contribution in [0.5, 0.6) is 0 Å². The fraction of sp³-hybridized carbons (Fsp3) is 0. The van der Waals surface area contributed by atoms with E-state index in [2.05, 4.69) is 59.6 Å². The van der Waals surface area contributed by atoms with Crippen LogP contribution in [0.15, 0.2) is 79.0 Å². The van der Waals surface area contributed by atoms with Crippen LogP contribution in [0, 0.1) is 0 Å². The maximum Gasteiger partial charge on any atom is 0.138 e. The summed E-state index contributed by atoms with van der Waals surface area (Å²) in [7, 11) is 0. The zero-order chi connectivity index (χ0) is 14.1. The topological polar surface area (TPSA) is 28.7 Å². The normalized spacial score (nSPS) is 10.9. The van der Waals surface area contributed by atoms with Crippen molar-refractivity contribution in [1.82, 2.24) is 9.97 Å². The van der Waals surface area contributed by atoms with Crippen molar-refractivity contribution >= 4 is 10.8 Å². The van der Waals surface area contributed by atoms with E-state index < -0.39 is 0 Å². The van der Waals surface area contributed by atoms with Gasteiger partial charge in [-0.15, -0.1) is 0 Å². The maximum absolute atomic E-state index is 4.75. The molecule has 21 heavy (non-hydrogen) atoms. The predicted molar refractivity (Wildman–Crippen MR) is 87.0 cm³/mol. The minimum atomic E-state index is 0.908. The third kappa shape index (κ3) is 2.11. The molecule has 2 nitrogen and oxygen atoms in total. The van der Waals surface area contributed by atoms with Gasteiger partial charge in [0.15, 0.2) is 0 Å². The zero-order valence-electron chi connectivity index (χ0n) is 11.5. The number of benzene rings is 3. The van der Waals surface area contributed by atoms with Gasteiger partial charge in [0, 0.05) is 17.3 Å². The van der Waals surface area contributed by atoms with E-state index in [4.69, 9.17) is 4.98 Å². The third-order valence-corrected chi connectivity index (χ3v) is 3.69. The number of imidazole rings is 1. The van der Waals surface area contributed by atoms with Crippen molar-refractivity contribution < 1.29 is 0 Å². The smallest absolute Gasteiger partial charge is 0.138 e. The minimum absolute atomic E-state index is 0.908. The number of nitrogens with zero attached hydrogens (tertiary/aromatic N) is 1. The fourth-order valence-electron chi connectivity index (χ4n) is 2.65. The molecule has 1 aromatic heterocycles.